The van der Waals surface area contributed by atoms with Crippen LogP contribution in [0.15, 0.2) is 18.2 Å². The zero-order valence-electron chi connectivity index (χ0n) is 9.14. The molecule has 0 saturated carbocycles. The number of nitrogens with zero attached hydrogens (tertiary/aromatic N) is 1. The highest BCUT2D eigenvalue weighted by atomic mass is 16.3. The van der Waals surface area contributed by atoms with Crippen molar-refractivity contribution in [3.63, 3.8) is 0 Å². The van der Waals surface area contributed by atoms with E-state index in [0.717, 1.165) is 6.42 Å². The van der Waals surface area contributed by atoms with Crippen LogP contribution < -0.4 is 5.32 Å². The van der Waals surface area contributed by atoms with Gasteiger partial charge in [-0.3, -0.25) is 9.59 Å². The standard InChI is InChI=1S/C12H12N2O3/c15-7-3-4-8-9(6-7)13-11(16)10-2-1-5-14(10)12(8)17/h3-4,6,10,15H,1-2,5H2,(H,13,16)/t10-/m0/s1. The van der Waals surface area contributed by atoms with Gasteiger partial charge in [-0.1, -0.05) is 0 Å². The lowest BCUT2D eigenvalue weighted by atomic mass is 10.1. The summed E-state index contributed by atoms with van der Waals surface area (Å²) in [7, 11) is 0. The second-order valence-corrected chi connectivity index (χ2v) is 4.38. The fourth-order valence-electron chi connectivity index (χ4n) is 2.48. The Hall–Kier alpha value is -2.04. The molecule has 0 aliphatic carbocycles. The average molecular weight is 232 g/mol. The van der Waals surface area contributed by atoms with Crippen LogP contribution >= 0.6 is 0 Å². The maximum absolute atomic E-state index is 12.2. The monoisotopic (exact) mass is 232 g/mol. The van der Waals surface area contributed by atoms with E-state index in [4.69, 9.17) is 0 Å². The van der Waals surface area contributed by atoms with Gasteiger partial charge >= 0.3 is 0 Å². The highest BCUT2D eigenvalue weighted by Crippen LogP contribution is 2.30. The SMILES string of the molecule is O=C1Nc2cc(O)ccc2C(=O)N2CCC[C@@H]12. The molecule has 2 N–H and O–H groups in total. The zero-order valence-corrected chi connectivity index (χ0v) is 9.14. The van der Waals surface area contributed by atoms with Crippen LogP contribution in [0.1, 0.15) is 23.2 Å². The number of rotatable bonds is 0. The Morgan fingerprint density at radius 1 is 1.35 bits per heavy atom. The van der Waals surface area contributed by atoms with Gasteiger partial charge in [0.05, 0.1) is 11.3 Å². The molecule has 5 heteroatoms. The maximum atomic E-state index is 12.2. The molecular weight excluding hydrogens is 220 g/mol. The molecule has 1 aromatic carbocycles. The molecule has 3 rings (SSSR count). The average Bonchev–Trinajstić information content (AvgIpc) is 2.74. The van der Waals surface area contributed by atoms with E-state index in [0.29, 0.717) is 24.2 Å². The van der Waals surface area contributed by atoms with Crippen LogP contribution in [0.25, 0.3) is 0 Å². The molecule has 0 spiro atoms. The van der Waals surface area contributed by atoms with Gasteiger partial charge in [0.25, 0.3) is 5.91 Å². The van der Waals surface area contributed by atoms with Gasteiger partial charge < -0.3 is 15.3 Å². The molecule has 17 heavy (non-hydrogen) atoms. The number of hydrogen-bond donors (Lipinski definition) is 2. The highest BCUT2D eigenvalue weighted by Gasteiger charge is 2.38. The molecule has 0 bridgehead atoms. The first kappa shape index (κ1) is 10.1. The molecule has 1 atom stereocenters. The summed E-state index contributed by atoms with van der Waals surface area (Å²) in [6.07, 6.45) is 1.56. The molecule has 0 unspecified atom stereocenters. The summed E-state index contributed by atoms with van der Waals surface area (Å²) in [5.74, 6) is -0.264. The summed E-state index contributed by atoms with van der Waals surface area (Å²) in [6, 6.07) is 4.05. The van der Waals surface area contributed by atoms with E-state index >= 15 is 0 Å². The second kappa shape index (κ2) is 3.48. The van der Waals surface area contributed by atoms with Crippen LogP contribution in [-0.2, 0) is 4.79 Å². The van der Waals surface area contributed by atoms with Crippen molar-refractivity contribution < 1.29 is 14.7 Å². The number of carbonyl (C=O) groups is 2. The van der Waals surface area contributed by atoms with Crippen LogP contribution in [0.5, 0.6) is 5.75 Å². The Balaban J connectivity index is 2.12. The first-order valence-electron chi connectivity index (χ1n) is 5.61. The van der Waals surface area contributed by atoms with Crippen molar-refractivity contribution in [1.29, 1.82) is 0 Å². The Morgan fingerprint density at radius 3 is 3.00 bits per heavy atom. The Bertz CT molecular complexity index is 512. The van der Waals surface area contributed by atoms with Gasteiger partial charge in [0, 0.05) is 12.6 Å². The van der Waals surface area contributed by atoms with E-state index < -0.39 is 0 Å². The van der Waals surface area contributed by atoms with Crippen LogP contribution in [0.4, 0.5) is 5.69 Å². The van der Waals surface area contributed by atoms with Crippen LogP contribution in [-0.4, -0.2) is 34.4 Å². The van der Waals surface area contributed by atoms with Crippen molar-refractivity contribution in [3.8, 4) is 5.75 Å². The van der Waals surface area contributed by atoms with Crippen molar-refractivity contribution in [2.75, 3.05) is 11.9 Å². The van der Waals surface area contributed by atoms with Crippen molar-refractivity contribution >= 4 is 17.5 Å². The topological polar surface area (TPSA) is 69.6 Å². The number of amides is 2. The summed E-state index contributed by atoms with van der Waals surface area (Å²) in [5.41, 5.74) is 0.843. The molecule has 5 nitrogen and oxygen atoms in total. The molecular formula is C12H12N2O3. The highest BCUT2D eigenvalue weighted by molar-refractivity contribution is 6.10. The number of aromatic hydroxyl groups is 1. The lowest BCUT2D eigenvalue weighted by molar-refractivity contribution is -0.119. The Kier molecular flexibility index (Phi) is 2.07. The fourth-order valence-corrected chi connectivity index (χ4v) is 2.48. The second-order valence-electron chi connectivity index (χ2n) is 4.38. The van der Waals surface area contributed by atoms with E-state index in [2.05, 4.69) is 5.32 Å². The number of hydrogen-bond acceptors (Lipinski definition) is 3. The lowest BCUT2D eigenvalue weighted by Gasteiger charge is -2.19. The molecule has 1 saturated heterocycles. The molecule has 0 aromatic heterocycles. The minimum absolute atomic E-state index is 0.0407. The smallest absolute Gasteiger partial charge is 0.256 e. The summed E-state index contributed by atoms with van der Waals surface area (Å²) in [5, 5.41) is 12.1. The van der Waals surface area contributed by atoms with E-state index in [-0.39, 0.29) is 23.6 Å². The first-order chi connectivity index (χ1) is 8.16. The number of nitrogens with one attached hydrogen (secondary N) is 1. The van der Waals surface area contributed by atoms with Gasteiger partial charge in [0.2, 0.25) is 5.91 Å². The van der Waals surface area contributed by atoms with E-state index in [1.807, 2.05) is 0 Å². The summed E-state index contributed by atoms with van der Waals surface area (Å²) < 4.78 is 0. The number of carbonyl (C=O) groups excluding carboxylic acids is 2. The van der Waals surface area contributed by atoms with E-state index in [1.54, 1.807) is 11.0 Å². The maximum Gasteiger partial charge on any atom is 0.256 e. The van der Waals surface area contributed by atoms with Gasteiger partial charge in [-0.15, -0.1) is 0 Å². The van der Waals surface area contributed by atoms with Gasteiger partial charge in [-0.2, -0.15) is 0 Å². The van der Waals surface area contributed by atoms with Gasteiger partial charge in [0.1, 0.15) is 11.8 Å². The molecule has 1 aromatic rings. The zero-order chi connectivity index (χ0) is 12.0. The van der Waals surface area contributed by atoms with E-state index in [9.17, 15) is 14.7 Å². The van der Waals surface area contributed by atoms with E-state index in [1.165, 1.54) is 12.1 Å². The first-order valence-corrected chi connectivity index (χ1v) is 5.61. The predicted octanol–water partition coefficient (Wildman–Crippen LogP) is 0.949. The number of phenols is 1. The van der Waals surface area contributed by atoms with Crippen LogP contribution in [0, 0.1) is 0 Å². The van der Waals surface area contributed by atoms with Gasteiger partial charge in [0.15, 0.2) is 0 Å². The largest absolute Gasteiger partial charge is 0.508 e. The summed E-state index contributed by atoms with van der Waals surface area (Å²) in [6.45, 7) is 0.622. The van der Waals surface area contributed by atoms with Crippen molar-refractivity contribution in [2.45, 2.75) is 18.9 Å². The molecule has 2 amide bonds. The number of phenolic OH excluding ortho intramolecular Hbond substituents is 1. The molecule has 2 aliphatic rings. The number of benzene rings is 1. The Labute approximate surface area is 98.0 Å². The molecule has 2 aliphatic heterocycles. The third-order valence-corrected chi connectivity index (χ3v) is 3.31. The van der Waals surface area contributed by atoms with Crippen molar-refractivity contribution in [2.24, 2.45) is 0 Å². The lowest BCUT2D eigenvalue weighted by Crippen LogP contribution is -2.40. The third kappa shape index (κ3) is 1.46. The number of anilines is 1. The quantitative estimate of drug-likeness (QED) is 0.699. The van der Waals surface area contributed by atoms with Crippen molar-refractivity contribution in [3.05, 3.63) is 23.8 Å². The molecule has 88 valence electrons. The minimum Gasteiger partial charge on any atom is -0.508 e. The third-order valence-electron chi connectivity index (χ3n) is 3.31. The normalized spacial score (nSPS) is 22.8. The van der Waals surface area contributed by atoms with Crippen LogP contribution in [0.3, 0.4) is 0 Å². The Morgan fingerprint density at radius 2 is 2.18 bits per heavy atom. The fraction of sp³-hybridized carbons (Fsp3) is 0.333. The summed E-state index contributed by atoms with van der Waals surface area (Å²) >= 11 is 0. The van der Waals surface area contributed by atoms with Crippen LogP contribution in [0.2, 0.25) is 0 Å². The van der Waals surface area contributed by atoms with Gasteiger partial charge in [-0.25, -0.2) is 0 Å². The minimum atomic E-state index is -0.364. The molecule has 0 radical (unpaired) electrons. The molecule has 1 fully saturated rings. The summed E-state index contributed by atoms with van der Waals surface area (Å²) in [4.78, 5) is 25.8. The molecule has 2 heterocycles. The predicted molar refractivity (Wildman–Crippen MR) is 60.8 cm³/mol. The van der Waals surface area contributed by atoms with Gasteiger partial charge in [-0.05, 0) is 25.0 Å². The number of fused-ring (bicyclic) bond motifs is 2. The van der Waals surface area contributed by atoms with Crippen molar-refractivity contribution in [1.82, 2.24) is 4.90 Å².